The molecule has 0 radical (unpaired) electrons. The van der Waals surface area contributed by atoms with Crippen molar-refractivity contribution in [2.24, 2.45) is 5.92 Å². The van der Waals surface area contributed by atoms with Crippen LogP contribution in [0.5, 0.6) is 0 Å². The number of hydrogen-bond donors (Lipinski definition) is 1. The first-order valence-electron chi connectivity index (χ1n) is 9.01. The molecule has 6 nitrogen and oxygen atoms in total. The van der Waals surface area contributed by atoms with E-state index in [0.717, 1.165) is 32.1 Å². The molecule has 2 rings (SSSR count). The van der Waals surface area contributed by atoms with Crippen LogP contribution in [-0.4, -0.2) is 41.1 Å². The van der Waals surface area contributed by atoms with E-state index in [1.54, 1.807) is 25.7 Å². The van der Waals surface area contributed by atoms with Crippen LogP contribution >= 0.6 is 0 Å². The van der Waals surface area contributed by atoms with Gasteiger partial charge in [-0.25, -0.2) is 4.79 Å². The van der Waals surface area contributed by atoms with E-state index in [9.17, 15) is 14.9 Å². The van der Waals surface area contributed by atoms with Crippen molar-refractivity contribution in [2.45, 2.75) is 83.4 Å². The van der Waals surface area contributed by atoms with Crippen molar-refractivity contribution < 1.29 is 14.3 Å². The molecule has 24 heavy (non-hydrogen) atoms. The van der Waals surface area contributed by atoms with Gasteiger partial charge < -0.3 is 15.0 Å². The lowest BCUT2D eigenvalue weighted by Crippen LogP contribution is -2.54. The van der Waals surface area contributed by atoms with Crippen LogP contribution in [0.1, 0.15) is 65.7 Å². The van der Waals surface area contributed by atoms with Gasteiger partial charge >= 0.3 is 6.09 Å². The molecule has 6 heteroatoms. The van der Waals surface area contributed by atoms with Crippen molar-refractivity contribution in [1.29, 1.82) is 5.26 Å². The standard InChI is InChI=1S/C18H29N3O3/c1-18(2,3)24-17(23)20-15(13-8-5-4-6-9-13)16(22)21-11-7-10-14(21)12-19/h13-15H,4-11H2,1-3H3,(H,20,23)/t14-,15-/m0/s1. The summed E-state index contributed by atoms with van der Waals surface area (Å²) in [7, 11) is 0. The maximum absolute atomic E-state index is 13.0. The number of amides is 2. The largest absolute Gasteiger partial charge is 0.444 e. The van der Waals surface area contributed by atoms with Crippen LogP contribution in [0.25, 0.3) is 0 Å². The summed E-state index contributed by atoms with van der Waals surface area (Å²) < 4.78 is 5.34. The van der Waals surface area contributed by atoms with Gasteiger partial charge in [0.15, 0.2) is 0 Å². The Morgan fingerprint density at radius 1 is 1.17 bits per heavy atom. The van der Waals surface area contributed by atoms with Gasteiger partial charge in [0, 0.05) is 6.54 Å². The van der Waals surface area contributed by atoms with Gasteiger partial charge in [-0.3, -0.25) is 4.79 Å². The molecule has 2 fully saturated rings. The Bertz CT molecular complexity index is 501. The third-order valence-corrected chi connectivity index (χ3v) is 4.74. The second-order valence-electron chi connectivity index (χ2n) is 7.84. The van der Waals surface area contributed by atoms with Gasteiger partial charge in [0.1, 0.15) is 17.7 Å². The third kappa shape index (κ3) is 4.86. The molecule has 0 bridgehead atoms. The summed E-state index contributed by atoms with van der Waals surface area (Å²) in [4.78, 5) is 26.9. The second-order valence-corrected chi connectivity index (χ2v) is 7.84. The first kappa shape index (κ1) is 18.6. The summed E-state index contributed by atoms with van der Waals surface area (Å²) in [6, 6.07) is 1.25. The number of rotatable bonds is 3. The predicted molar refractivity (Wildman–Crippen MR) is 90.1 cm³/mol. The Balaban J connectivity index is 2.11. The molecular weight excluding hydrogens is 306 g/mol. The second kappa shape index (κ2) is 7.87. The minimum atomic E-state index is -0.604. The molecule has 0 aromatic carbocycles. The Morgan fingerprint density at radius 2 is 1.83 bits per heavy atom. The van der Waals surface area contributed by atoms with Crippen LogP contribution in [-0.2, 0) is 9.53 Å². The molecule has 2 aliphatic rings. The minimum Gasteiger partial charge on any atom is -0.444 e. The van der Waals surface area contributed by atoms with E-state index in [1.807, 2.05) is 0 Å². The maximum atomic E-state index is 13.0. The van der Waals surface area contributed by atoms with E-state index < -0.39 is 17.7 Å². The fourth-order valence-electron chi connectivity index (χ4n) is 3.63. The highest BCUT2D eigenvalue weighted by molar-refractivity contribution is 5.86. The highest BCUT2D eigenvalue weighted by atomic mass is 16.6. The average Bonchev–Trinajstić information content (AvgIpc) is 2.99. The van der Waals surface area contributed by atoms with E-state index in [4.69, 9.17) is 4.74 Å². The molecule has 1 aliphatic carbocycles. The van der Waals surface area contributed by atoms with Gasteiger partial charge in [0.05, 0.1) is 6.07 Å². The number of nitriles is 1. The SMILES string of the molecule is CC(C)(C)OC(=O)N[C@H](C(=O)N1CCC[C@H]1C#N)C1CCCCC1. The van der Waals surface area contributed by atoms with Crippen LogP contribution in [0.4, 0.5) is 4.79 Å². The van der Waals surface area contributed by atoms with Gasteiger partial charge in [0.2, 0.25) is 5.91 Å². The maximum Gasteiger partial charge on any atom is 0.408 e. The Labute approximate surface area is 144 Å². The van der Waals surface area contributed by atoms with Gasteiger partial charge in [-0.15, -0.1) is 0 Å². The summed E-state index contributed by atoms with van der Waals surface area (Å²) in [5.41, 5.74) is -0.604. The van der Waals surface area contributed by atoms with Crippen molar-refractivity contribution in [3.05, 3.63) is 0 Å². The molecule has 2 amide bonds. The molecule has 0 spiro atoms. The summed E-state index contributed by atoms with van der Waals surface area (Å²) in [5.74, 6) is -0.00415. The molecule has 1 heterocycles. The van der Waals surface area contributed by atoms with Crippen molar-refractivity contribution in [3.8, 4) is 6.07 Å². The smallest absolute Gasteiger partial charge is 0.408 e. The normalized spacial score (nSPS) is 23.4. The van der Waals surface area contributed by atoms with E-state index >= 15 is 0 Å². The van der Waals surface area contributed by atoms with Gasteiger partial charge in [0.25, 0.3) is 0 Å². The lowest BCUT2D eigenvalue weighted by Gasteiger charge is -2.34. The molecule has 0 aromatic rings. The number of alkyl carbamates (subject to hydrolysis) is 1. The highest BCUT2D eigenvalue weighted by Crippen LogP contribution is 2.29. The first-order chi connectivity index (χ1) is 11.3. The number of nitrogens with one attached hydrogen (secondary N) is 1. The first-order valence-corrected chi connectivity index (χ1v) is 9.01. The average molecular weight is 335 g/mol. The topological polar surface area (TPSA) is 82.4 Å². The zero-order valence-electron chi connectivity index (χ0n) is 15.0. The lowest BCUT2D eigenvalue weighted by atomic mass is 9.83. The molecule has 1 aliphatic heterocycles. The number of carbonyl (C=O) groups is 2. The molecule has 1 saturated carbocycles. The quantitative estimate of drug-likeness (QED) is 0.859. The summed E-state index contributed by atoms with van der Waals surface area (Å²) in [6.07, 6.45) is 6.18. The Kier molecular flexibility index (Phi) is 6.09. The lowest BCUT2D eigenvalue weighted by molar-refractivity contribution is -0.135. The van der Waals surface area contributed by atoms with Crippen molar-refractivity contribution in [1.82, 2.24) is 10.2 Å². The molecule has 134 valence electrons. The van der Waals surface area contributed by atoms with Crippen LogP contribution < -0.4 is 5.32 Å². The van der Waals surface area contributed by atoms with Crippen LogP contribution in [0.3, 0.4) is 0 Å². The molecule has 2 atom stereocenters. The zero-order valence-corrected chi connectivity index (χ0v) is 15.0. The van der Waals surface area contributed by atoms with E-state index in [0.29, 0.717) is 13.0 Å². The van der Waals surface area contributed by atoms with Gasteiger partial charge in [-0.1, -0.05) is 19.3 Å². The minimum absolute atomic E-state index is 0.124. The highest BCUT2D eigenvalue weighted by Gasteiger charge is 2.38. The number of carbonyl (C=O) groups excluding carboxylic acids is 2. The van der Waals surface area contributed by atoms with Crippen molar-refractivity contribution in [2.75, 3.05) is 6.54 Å². The molecule has 0 aromatic heterocycles. The Morgan fingerprint density at radius 3 is 2.42 bits per heavy atom. The summed E-state index contributed by atoms with van der Waals surface area (Å²) in [6.45, 7) is 6.00. The van der Waals surface area contributed by atoms with Crippen molar-refractivity contribution in [3.63, 3.8) is 0 Å². The number of likely N-dealkylation sites (tertiary alicyclic amines) is 1. The van der Waals surface area contributed by atoms with Gasteiger partial charge in [-0.2, -0.15) is 5.26 Å². The Hall–Kier alpha value is -1.77. The number of nitrogens with zero attached hydrogens (tertiary/aromatic N) is 2. The third-order valence-electron chi connectivity index (χ3n) is 4.74. The summed E-state index contributed by atoms with van der Waals surface area (Å²) >= 11 is 0. The van der Waals surface area contributed by atoms with Crippen molar-refractivity contribution >= 4 is 12.0 Å². The fourth-order valence-corrected chi connectivity index (χ4v) is 3.63. The van der Waals surface area contributed by atoms with E-state index in [-0.39, 0.29) is 17.9 Å². The summed E-state index contributed by atoms with van der Waals surface area (Å²) in [5, 5.41) is 12.1. The monoisotopic (exact) mass is 335 g/mol. The molecule has 1 saturated heterocycles. The molecule has 0 unspecified atom stereocenters. The number of hydrogen-bond acceptors (Lipinski definition) is 4. The van der Waals surface area contributed by atoms with Crippen LogP contribution in [0.2, 0.25) is 0 Å². The van der Waals surface area contributed by atoms with Crippen LogP contribution in [0, 0.1) is 17.2 Å². The molecular formula is C18H29N3O3. The number of ether oxygens (including phenoxy) is 1. The zero-order chi connectivity index (χ0) is 17.7. The van der Waals surface area contributed by atoms with Crippen LogP contribution in [0.15, 0.2) is 0 Å². The van der Waals surface area contributed by atoms with Gasteiger partial charge in [-0.05, 0) is 52.4 Å². The predicted octanol–water partition coefficient (Wildman–Crippen LogP) is 2.97. The van der Waals surface area contributed by atoms with E-state index in [1.165, 1.54) is 6.42 Å². The van der Waals surface area contributed by atoms with E-state index in [2.05, 4.69) is 11.4 Å². The fraction of sp³-hybridized carbons (Fsp3) is 0.833. The molecule has 1 N–H and O–H groups in total.